The largest absolute Gasteiger partial charge is 0.368 e. The molecule has 0 amide bonds. The fourth-order valence-corrected chi connectivity index (χ4v) is 1.95. The molecule has 0 spiro atoms. The molecule has 0 rings (SSSR count). The van der Waals surface area contributed by atoms with Crippen molar-refractivity contribution in [3.05, 3.63) is 0 Å². The Bertz CT molecular complexity index is 303. The van der Waals surface area contributed by atoms with Gasteiger partial charge >= 0.3 is 8.60 Å². The van der Waals surface area contributed by atoms with Crippen LogP contribution in [0.3, 0.4) is 0 Å². The minimum Gasteiger partial charge on any atom is -0.365 e. The van der Waals surface area contributed by atoms with E-state index in [1.54, 1.807) is 13.8 Å². The number of hydrogen-bond donors (Lipinski definition) is 0. The van der Waals surface area contributed by atoms with Gasteiger partial charge in [-0.25, -0.2) is 0 Å². The van der Waals surface area contributed by atoms with Gasteiger partial charge in [0.2, 0.25) is 0 Å². The van der Waals surface area contributed by atoms with Gasteiger partial charge in [-0.3, -0.25) is 0 Å². The Hall–Kier alpha value is -0.0700. The van der Waals surface area contributed by atoms with Crippen LogP contribution in [0.1, 0.15) is 13.8 Å². The molecule has 0 bridgehead atoms. The summed E-state index contributed by atoms with van der Waals surface area (Å²) in [5, 5.41) is 0. The van der Waals surface area contributed by atoms with E-state index in [4.69, 9.17) is 50.6 Å². The first-order valence-corrected chi connectivity index (χ1v) is 7.44. The van der Waals surface area contributed by atoms with Crippen molar-refractivity contribution >= 4 is 32.3 Å². The fraction of sp³-hybridized carbons (Fsp3) is 0.667. The van der Waals surface area contributed by atoms with Gasteiger partial charge in [0.05, 0.1) is 43.6 Å². The Morgan fingerprint density at radius 1 is 0.950 bits per heavy atom. The number of rotatable bonds is 11. The topological polar surface area (TPSA) is 46.2 Å². The van der Waals surface area contributed by atoms with Gasteiger partial charge in [0.25, 0.3) is 0 Å². The van der Waals surface area contributed by atoms with Crippen molar-refractivity contribution in [2.45, 2.75) is 26.1 Å². The van der Waals surface area contributed by atoms with Gasteiger partial charge in [0.15, 0.2) is 0 Å². The maximum absolute atomic E-state index is 5.43. The van der Waals surface area contributed by atoms with Gasteiger partial charge in [-0.15, -0.1) is 12.8 Å². The highest BCUT2D eigenvalue weighted by Gasteiger charge is 2.18. The molecule has 0 fully saturated rings. The fourth-order valence-electron chi connectivity index (χ4n) is 1.02. The molecule has 114 valence electrons. The van der Waals surface area contributed by atoms with Crippen LogP contribution in [0.25, 0.3) is 0 Å². The summed E-state index contributed by atoms with van der Waals surface area (Å²) < 4.78 is 24.8. The van der Waals surface area contributed by atoms with Crippen LogP contribution >= 0.6 is 32.3 Å². The zero-order valence-electron chi connectivity index (χ0n) is 11.3. The van der Waals surface area contributed by atoms with E-state index in [9.17, 15) is 0 Å². The average Bonchev–Trinajstić information content (AvgIpc) is 2.48. The van der Waals surface area contributed by atoms with Crippen molar-refractivity contribution in [2.24, 2.45) is 5.92 Å². The maximum Gasteiger partial charge on any atom is 0.368 e. The molecule has 0 aliphatic rings. The first-order valence-electron chi connectivity index (χ1n) is 5.73. The first kappa shape index (κ1) is 19.9. The second kappa shape index (κ2) is 12.7. The molecule has 0 saturated heterocycles. The SMILES string of the molecule is C#CC(C)OCC(COC(C)C#C)COP(OCl)OCl. The predicted octanol–water partition coefficient (Wildman–Crippen LogP) is 3.26. The maximum atomic E-state index is 5.43. The van der Waals surface area contributed by atoms with E-state index in [1.807, 2.05) is 0 Å². The molecule has 0 N–H and O–H groups in total. The molecular formula is C12H17Cl2O5P. The van der Waals surface area contributed by atoms with Gasteiger partial charge in [0, 0.05) is 5.92 Å². The van der Waals surface area contributed by atoms with Crippen LogP contribution in [-0.4, -0.2) is 32.0 Å². The Kier molecular flexibility index (Phi) is 12.6. The molecule has 0 aromatic carbocycles. The van der Waals surface area contributed by atoms with E-state index in [0.29, 0.717) is 13.2 Å². The Labute approximate surface area is 131 Å². The Morgan fingerprint density at radius 3 is 1.75 bits per heavy atom. The summed E-state index contributed by atoms with van der Waals surface area (Å²) in [4.78, 5) is 0. The third kappa shape index (κ3) is 9.77. The van der Waals surface area contributed by atoms with Gasteiger partial charge in [0.1, 0.15) is 12.2 Å². The van der Waals surface area contributed by atoms with Crippen LogP contribution in [0.5, 0.6) is 0 Å². The standard InChI is InChI=1S/C12H17Cl2O5P/c1-5-10(3)15-7-12(8-16-11(4)6-2)9-17-20(18-13)19-14/h1-2,10-12H,7-9H2,3-4H3. The smallest absolute Gasteiger partial charge is 0.365 e. The number of ether oxygens (including phenoxy) is 2. The summed E-state index contributed by atoms with van der Waals surface area (Å²) in [5.41, 5.74) is 0. The van der Waals surface area contributed by atoms with Gasteiger partial charge < -0.3 is 14.0 Å². The lowest BCUT2D eigenvalue weighted by Crippen LogP contribution is -2.25. The van der Waals surface area contributed by atoms with Crippen molar-refractivity contribution in [1.29, 1.82) is 0 Å². The Balaban J connectivity index is 4.24. The van der Waals surface area contributed by atoms with Crippen LogP contribution in [-0.2, 0) is 22.1 Å². The molecule has 2 unspecified atom stereocenters. The van der Waals surface area contributed by atoms with Gasteiger partial charge in [-0.1, -0.05) is 11.8 Å². The monoisotopic (exact) mass is 342 g/mol. The highest BCUT2D eigenvalue weighted by Crippen LogP contribution is 2.42. The average molecular weight is 343 g/mol. The summed E-state index contributed by atoms with van der Waals surface area (Å²) in [5.74, 6) is 4.80. The number of halogens is 2. The first-order chi connectivity index (χ1) is 9.57. The van der Waals surface area contributed by atoms with E-state index in [2.05, 4.69) is 20.0 Å². The zero-order chi connectivity index (χ0) is 15.4. The highest BCUT2D eigenvalue weighted by molar-refractivity contribution is 7.43. The molecule has 0 aliphatic heterocycles. The second-order valence-electron chi connectivity index (χ2n) is 3.81. The van der Waals surface area contributed by atoms with Crippen LogP contribution < -0.4 is 0 Å². The summed E-state index contributed by atoms with van der Waals surface area (Å²) in [6, 6.07) is 0. The summed E-state index contributed by atoms with van der Waals surface area (Å²) in [7, 11) is -1.81. The van der Waals surface area contributed by atoms with E-state index < -0.39 is 8.60 Å². The molecule has 2 atom stereocenters. The van der Waals surface area contributed by atoms with E-state index in [1.165, 1.54) is 0 Å². The van der Waals surface area contributed by atoms with Crippen molar-refractivity contribution in [1.82, 2.24) is 0 Å². The molecule has 8 heteroatoms. The molecule has 0 heterocycles. The molecule has 0 aliphatic carbocycles. The number of hydrogen-bond acceptors (Lipinski definition) is 5. The lowest BCUT2D eigenvalue weighted by Gasteiger charge is -2.20. The highest BCUT2D eigenvalue weighted by atomic mass is 35.5. The minimum absolute atomic E-state index is 0.120. The molecule has 0 aromatic heterocycles. The van der Waals surface area contributed by atoms with Crippen LogP contribution in [0.2, 0.25) is 0 Å². The van der Waals surface area contributed by atoms with E-state index in [0.717, 1.165) is 0 Å². The van der Waals surface area contributed by atoms with Crippen molar-refractivity contribution in [3.8, 4) is 24.7 Å². The second-order valence-corrected chi connectivity index (χ2v) is 5.62. The molecule has 20 heavy (non-hydrogen) atoms. The van der Waals surface area contributed by atoms with Crippen molar-refractivity contribution in [2.75, 3.05) is 19.8 Å². The molecular weight excluding hydrogens is 326 g/mol. The minimum atomic E-state index is -1.81. The normalized spacial score (nSPS) is 15.3. The van der Waals surface area contributed by atoms with Gasteiger partial charge in [-0.2, -0.15) is 8.15 Å². The molecule has 0 saturated carbocycles. The quantitative estimate of drug-likeness (QED) is 0.426. The van der Waals surface area contributed by atoms with E-state index >= 15 is 0 Å². The molecule has 0 aromatic rings. The van der Waals surface area contributed by atoms with Crippen LogP contribution in [0, 0.1) is 30.6 Å². The van der Waals surface area contributed by atoms with Crippen LogP contribution in [0.4, 0.5) is 0 Å². The predicted molar refractivity (Wildman–Crippen MR) is 78.7 cm³/mol. The third-order valence-corrected chi connectivity index (χ3v) is 3.42. The lowest BCUT2D eigenvalue weighted by atomic mass is 10.2. The number of terminal acetylenes is 2. The summed E-state index contributed by atoms with van der Waals surface area (Å²) in [6.45, 7) is 4.39. The van der Waals surface area contributed by atoms with E-state index in [-0.39, 0.29) is 24.7 Å². The van der Waals surface area contributed by atoms with Crippen molar-refractivity contribution < 1.29 is 22.1 Å². The lowest BCUT2D eigenvalue weighted by molar-refractivity contribution is -0.00117. The Morgan fingerprint density at radius 2 is 1.40 bits per heavy atom. The third-order valence-electron chi connectivity index (χ3n) is 2.16. The van der Waals surface area contributed by atoms with Gasteiger partial charge in [-0.05, 0) is 13.8 Å². The summed E-state index contributed by atoms with van der Waals surface area (Å²) >= 11 is 10.3. The van der Waals surface area contributed by atoms with Crippen molar-refractivity contribution in [3.63, 3.8) is 0 Å². The summed E-state index contributed by atoms with van der Waals surface area (Å²) in [6.07, 6.45) is 9.85. The molecule has 0 radical (unpaired) electrons. The zero-order valence-corrected chi connectivity index (χ0v) is 13.7. The molecule has 5 nitrogen and oxygen atoms in total. The van der Waals surface area contributed by atoms with Crippen LogP contribution in [0.15, 0.2) is 0 Å².